The molecule has 12 N–H and O–H groups in total. The Labute approximate surface area is 248 Å². The number of H-pyrrole nitrogens is 1. The van der Waals surface area contributed by atoms with Gasteiger partial charge in [0.1, 0.15) is 18.1 Å². The Bertz CT molecular complexity index is 1420. The Morgan fingerprint density at radius 1 is 0.837 bits per heavy atom. The summed E-state index contributed by atoms with van der Waals surface area (Å²) < 4.78 is 0. The number of carboxylic acid groups (broad SMARTS) is 1. The van der Waals surface area contributed by atoms with Gasteiger partial charge in [-0.1, -0.05) is 48.5 Å². The Kier molecular flexibility index (Phi) is 12.0. The van der Waals surface area contributed by atoms with Crippen molar-refractivity contribution in [2.45, 2.75) is 49.9 Å². The zero-order valence-corrected chi connectivity index (χ0v) is 23.5. The highest BCUT2D eigenvalue weighted by Crippen LogP contribution is 2.19. The summed E-state index contributed by atoms with van der Waals surface area (Å²) in [5.41, 5.74) is 19.0. The standard InChI is InChI=1S/C29H38N8O6/c30-20(13-17-7-2-1-3-8-17)25(39)37-24(16-38)27(41)35-22(11-6-12-33-29(31)32)26(40)36-23(28(42)43)14-18-15-34-21-10-5-4-9-19(18)21/h1-5,7-10,15,20,22-24,34,38H,6,11-14,16,30H2,(H,35,41)(H,36,40)(H,37,39)(H,42,43)(H4,31,32,33). The Morgan fingerprint density at radius 2 is 1.47 bits per heavy atom. The molecule has 0 spiro atoms. The van der Waals surface area contributed by atoms with Gasteiger partial charge in [-0.15, -0.1) is 0 Å². The number of aliphatic carboxylic acids is 1. The number of hydrogen-bond donors (Lipinski definition) is 9. The second kappa shape index (κ2) is 15.9. The molecular weight excluding hydrogens is 556 g/mol. The predicted octanol–water partition coefficient (Wildman–Crippen LogP) is -1.13. The SMILES string of the molecule is NC(N)=NCCCC(NC(=O)C(CO)NC(=O)C(N)Cc1ccccc1)C(=O)NC(Cc1c[nH]c2ccccc12)C(=O)O. The Balaban J connectivity index is 1.69. The number of guanidine groups is 1. The molecule has 43 heavy (non-hydrogen) atoms. The summed E-state index contributed by atoms with van der Waals surface area (Å²) in [5, 5.41) is 27.9. The zero-order valence-electron chi connectivity index (χ0n) is 23.5. The van der Waals surface area contributed by atoms with Gasteiger partial charge in [0.15, 0.2) is 5.96 Å². The maximum Gasteiger partial charge on any atom is 0.326 e. The number of hydrogen-bond acceptors (Lipinski definition) is 7. The number of rotatable bonds is 16. The van der Waals surface area contributed by atoms with Crippen LogP contribution in [-0.2, 0) is 32.0 Å². The molecule has 0 radical (unpaired) electrons. The van der Waals surface area contributed by atoms with Crippen LogP contribution in [0.1, 0.15) is 24.0 Å². The molecule has 0 saturated carbocycles. The van der Waals surface area contributed by atoms with Crippen LogP contribution in [0, 0.1) is 0 Å². The average molecular weight is 595 g/mol. The molecule has 0 fully saturated rings. The van der Waals surface area contributed by atoms with Crippen molar-refractivity contribution in [2.75, 3.05) is 13.2 Å². The lowest BCUT2D eigenvalue weighted by atomic mass is 10.0. The van der Waals surface area contributed by atoms with Crippen LogP contribution in [0.5, 0.6) is 0 Å². The van der Waals surface area contributed by atoms with Crippen molar-refractivity contribution in [3.63, 3.8) is 0 Å². The first-order chi connectivity index (χ1) is 20.6. The van der Waals surface area contributed by atoms with Gasteiger partial charge in [0.2, 0.25) is 17.7 Å². The smallest absolute Gasteiger partial charge is 0.326 e. The number of benzene rings is 2. The fourth-order valence-corrected chi connectivity index (χ4v) is 4.47. The highest BCUT2D eigenvalue weighted by molar-refractivity contribution is 5.94. The minimum atomic E-state index is -1.41. The summed E-state index contributed by atoms with van der Waals surface area (Å²) in [6.07, 6.45) is 2.16. The van der Waals surface area contributed by atoms with Gasteiger partial charge in [-0.05, 0) is 36.5 Å². The second-order valence-electron chi connectivity index (χ2n) is 10.0. The van der Waals surface area contributed by atoms with E-state index in [9.17, 15) is 29.4 Å². The van der Waals surface area contributed by atoms with E-state index in [2.05, 4.69) is 25.9 Å². The number of carbonyl (C=O) groups excluding carboxylic acids is 3. The number of carbonyl (C=O) groups is 4. The number of aromatic amines is 1. The van der Waals surface area contributed by atoms with Gasteiger partial charge < -0.3 is 48.3 Å². The van der Waals surface area contributed by atoms with E-state index in [4.69, 9.17) is 17.2 Å². The van der Waals surface area contributed by atoms with Crippen LogP contribution in [0.3, 0.4) is 0 Å². The van der Waals surface area contributed by atoms with E-state index in [1.807, 2.05) is 30.3 Å². The van der Waals surface area contributed by atoms with Crippen LogP contribution in [0.2, 0.25) is 0 Å². The van der Waals surface area contributed by atoms with Crippen molar-refractivity contribution >= 4 is 40.6 Å². The Hall–Kier alpha value is -4.95. The van der Waals surface area contributed by atoms with Crippen LogP contribution in [0.15, 0.2) is 65.8 Å². The third-order valence-electron chi connectivity index (χ3n) is 6.74. The lowest BCUT2D eigenvalue weighted by molar-refractivity contribution is -0.142. The number of aromatic nitrogens is 1. The summed E-state index contributed by atoms with van der Waals surface area (Å²) in [6.45, 7) is -0.621. The second-order valence-corrected chi connectivity index (χ2v) is 10.0. The highest BCUT2D eigenvalue weighted by Gasteiger charge is 2.30. The van der Waals surface area contributed by atoms with E-state index in [-0.39, 0.29) is 38.2 Å². The first-order valence-corrected chi connectivity index (χ1v) is 13.7. The molecule has 3 aromatic rings. The number of aliphatic hydroxyl groups excluding tert-OH is 1. The van der Waals surface area contributed by atoms with Gasteiger partial charge in [0, 0.05) is 30.1 Å². The summed E-state index contributed by atoms with van der Waals surface area (Å²) in [6, 6.07) is 11.4. The van der Waals surface area contributed by atoms with Crippen molar-refractivity contribution in [2.24, 2.45) is 22.2 Å². The monoisotopic (exact) mass is 594 g/mol. The Morgan fingerprint density at radius 3 is 2.14 bits per heavy atom. The summed E-state index contributed by atoms with van der Waals surface area (Å²) >= 11 is 0. The molecule has 14 nitrogen and oxygen atoms in total. The molecule has 4 unspecified atom stereocenters. The number of aliphatic hydroxyl groups is 1. The lowest BCUT2D eigenvalue weighted by Crippen LogP contribution is -2.58. The van der Waals surface area contributed by atoms with Crippen molar-refractivity contribution in [3.8, 4) is 0 Å². The van der Waals surface area contributed by atoms with Crippen LogP contribution in [0.4, 0.5) is 0 Å². The van der Waals surface area contributed by atoms with E-state index < -0.39 is 54.5 Å². The van der Waals surface area contributed by atoms with E-state index in [0.717, 1.165) is 16.5 Å². The number of nitrogens with one attached hydrogen (secondary N) is 4. The average Bonchev–Trinajstić information content (AvgIpc) is 3.39. The van der Waals surface area contributed by atoms with E-state index in [1.165, 1.54) is 0 Å². The molecule has 0 bridgehead atoms. The van der Waals surface area contributed by atoms with Gasteiger partial charge in [0.25, 0.3) is 0 Å². The molecule has 4 atom stereocenters. The van der Waals surface area contributed by atoms with Gasteiger partial charge in [0.05, 0.1) is 12.6 Å². The van der Waals surface area contributed by atoms with Gasteiger partial charge in [-0.25, -0.2) is 4.79 Å². The summed E-state index contributed by atoms with van der Waals surface area (Å²) in [4.78, 5) is 58.1. The third-order valence-corrected chi connectivity index (χ3v) is 6.74. The normalized spacial score (nSPS) is 13.7. The van der Waals surface area contributed by atoms with E-state index >= 15 is 0 Å². The van der Waals surface area contributed by atoms with Gasteiger partial charge >= 0.3 is 5.97 Å². The largest absolute Gasteiger partial charge is 0.480 e. The molecule has 1 heterocycles. The predicted molar refractivity (Wildman–Crippen MR) is 161 cm³/mol. The molecule has 3 amide bonds. The molecular formula is C29H38N8O6. The molecule has 1 aromatic heterocycles. The first-order valence-electron chi connectivity index (χ1n) is 13.7. The molecule has 0 saturated heterocycles. The van der Waals surface area contributed by atoms with Crippen molar-refractivity contribution in [1.82, 2.24) is 20.9 Å². The van der Waals surface area contributed by atoms with E-state index in [0.29, 0.717) is 5.56 Å². The van der Waals surface area contributed by atoms with Crippen LogP contribution in [0.25, 0.3) is 10.9 Å². The molecule has 0 aliphatic carbocycles. The number of aliphatic imine (C=N–C) groups is 1. The minimum Gasteiger partial charge on any atom is -0.480 e. The fourth-order valence-electron chi connectivity index (χ4n) is 4.47. The summed E-state index contributed by atoms with van der Waals surface area (Å²) in [5.74, 6) is -3.71. The topological polar surface area (TPSA) is 251 Å². The van der Waals surface area contributed by atoms with Crippen molar-refractivity contribution < 1.29 is 29.4 Å². The molecule has 14 heteroatoms. The molecule has 0 aliphatic heterocycles. The molecule has 3 rings (SSSR count). The number of carboxylic acids is 1. The first kappa shape index (κ1) is 32.6. The van der Waals surface area contributed by atoms with Gasteiger partial charge in [-0.2, -0.15) is 0 Å². The molecule has 2 aromatic carbocycles. The number of nitrogens with zero attached hydrogens (tertiary/aromatic N) is 1. The molecule has 230 valence electrons. The number of para-hydroxylation sites is 1. The minimum absolute atomic E-state index is 0.0195. The number of nitrogens with two attached hydrogens (primary N) is 3. The zero-order chi connectivity index (χ0) is 31.4. The van der Waals surface area contributed by atoms with Crippen LogP contribution in [-0.4, -0.2) is 82.2 Å². The van der Waals surface area contributed by atoms with Crippen molar-refractivity contribution in [3.05, 3.63) is 71.9 Å². The third kappa shape index (κ3) is 9.83. The fraction of sp³-hybridized carbons (Fsp3) is 0.345. The summed E-state index contributed by atoms with van der Waals surface area (Å²) in [7, 11) is 0. The number of fused-ring (bicyclic) bond motifs is 1. The van der Waals surface area contributed by atoms with E-state index in [1.54, 1.807) is 30.5 Å². The van der Waals surface area contributed by atoms with Crippen molar-refractivity contribution in [1.29, 1.82) is 0 Å². The maximum atomic E-state index is 13.3. The number of amides is 3. The van der Waals surface area contributed by atoms with Gasteiger partial charge in [-0.3, -0.25) is 19.4 Å². The van der Waals surface area contributed by atoms with Crippen LogP contribution >= 0.6 is 0 Å². The molecule has 0 aliphatic rings. The lowest BCUT2D eigenvalue weighted by Gasteiger charge is -2.24. The van der Waals surface area contributed by atoms with Crippen LogP contribution < -0.4 is 33.2 Å². The highest BCUT2D eigenvalue weighted by atomic mass is 16.4. The quantitative estimate of drug-likeness (QED) is 0.0551. The maximum absolute atomic E-state index is 13.3.